The normalized spacial score (nSPS) is 11.0. The first-order valence-electron chi connectivity index (χ1n) is 7.74. The molecule has 24 heavy (non-hydrogen) atoms. The lowest BCUT2D eigenvalue weighted by Gasteiger charge is -2.14. The second kappa shape index (κ2) is 10.5. The molecule has 0 unspecified atom stereocenters. The zero-order valence-electron chi connectivity index (χ0n) is 14.2. The average Bonchev–Trinajstić information content (AvgIpc) is 3.00. The number of hydrogen-bond acceptors (Lipinski definition) is 6. The Labute approximate surface area is 145 Å². The summed E-state index contributed by atoms with van der Waals surface area (Å²) >= 11 is 1.29. The summed E-state index contributed by atoms with van der Waals surface area (Å²) in [6, 6.07) is 1.88. The Morgan fingerprint density at radius 2 is 2.25 bits per heavy atom. The Kier molecular flexibility index (Phi) is 8.68. The first kappa shape index (κ1) is 19.8. The molecule has 0 saturated carbocycles. The Morgan fingerprint density at radius 1 is 1.50 bits per heavy atom. The van der Waals surface area contributed by atoms with Crippen LogP contribution in [0.4, 0.5) is 5.13 Å². The van der Waals surface area contributed by atoms with Crippen molar-refractivity contribution in [1.29, 1.82) is 5.26 Å². The third-order valence-electron chi connectivity index (χ3n) is 3.05. The average molecular weight is 350 g/mol. The summed E-state index contributed by atoms with van der Waals surface area (Å²) in [5.41, 5.74) is 0.463. The number of amides is 2. The molecule has 0 aliphatic rings. The minimum absolute atomic E-state index is 0.0193. The maximum absolute atomic E-state index is 12.0. The van der Waals surface area contributed by atoms with Crippen LogP contribution in [0, 0.1) is 11.3 Å². The highest BCUT2D eigenvalue weighted by Gasteiger charge is 2.14. The van der Waals surface area contributed by atoms with Gasteiger partial charge in [0.15, 0.2) is 5.13 Å². The van der Waals surface area contributed by atoms with Gasteiger partial charge in [-0.05, 0) is 26.3 Å². The van der Waals surface area contributed by atoms with Crippen LogP contribution in [0.2, 0.25) is 0 Å². The molecule has 0 aliphatic heterocycles. The van der Waals surface area contributed by atoms with Crippen LogP contribution in [0.1, 0.15) is 32.9 Å². The van der Waals surface area contributed by atoms with Crippen LogP contribution < -0.4 is 10.2 Å². The molecule has 0 saturated heterocycles. The molecule has 2 amide bonds. The van der Waals surface area contributed by atoms with Crippen molar-refractivity contribution in [3.8, 4) is 6.07 Å². The van der Waals surface area contributed by atoms with E-state index in [2.05, 4.69) is 10.3 Å². The topological polar surface area (TPSA) is 95.3 Å². The highest BCUT2D eigenvalue weighted by molar-refractivity contribution is 7.14. The lowest BCUT2D eigenvalue weighted by atomic mass is 10.2. The molecular weight excluding hydrogens is 328 g/mol. The summed E-state index contributed by atoms with van der Waals surface area (Å²) in [4.78, 5) is 29.3. The summed E-state index contributed by atoms with van der Waals surface area (Å²) in [5.74, 6) is -0.544. The van der Waals surface area contributed by atoms with Crippen molar-refractivity contribution < 1.29 is 14.3 Å². The van der Waals surface area contributed by atoms with E-state index in [1.807, 2.05) is 19.9 Å². The summed E-state index contributed by atoms with van der Waals surface area (Å²) in [6.45, 7) is 7.38. The van der Waals surface area contributed by atoms with E-state index in [0.29, 0.717) is 43.5 Å². The Bertz CT molecular complexity index is 634. The van der Waals surface area contributed by atoms with E-state index in [4.69, 9.17) is 10.00 Å². The summed E-state index contributed by atoms with van der Waals surface area (Å²) in [7, 11) is 0. The van der Waals surface area contributed by atoms with Crippen molar-refractivity contribution in [3.63, 3.8) is 0 Å². The van der Waals surface area contributed by atoms with Crippen molar-refractivity contribution in [2.45, 2.75) is 27.2 Å². The molecule has 1 heterocycles. The lowest BCUT2D eigenvalue weighted by Crippen LogP contribution is -2.27. The van der Waals surface area contributed by atoms with Crippen LogP contribution in [0.5, 0.6) is 0 Å². The van der Waals surface area contributed by atoms with Gasteiger partial charge < -0.3 is 10.1 Å². The monoisotopic (exact) mass is 350 g/mol. The number of thiazole rings is 1. The van der Waals surface area contributed by atoms with Gasteiger partial charge in [0.05, 0.1) is 5.69 Å². The number of nitriles is 1. The number of ether oxygens (including phenoxy) is 1. The maximum atomic E-state index is 12.0. The van der Waals surface area contributed by atoms with Gasteiger partial charge in [-0.15, -0.1) is 11.3 Å². The van der Waals surface area contributed by atoms with Gasteiger partial charge in [0.1, 0.15) is 11.6 Å². The Hall–Kier alpha value is -2.24. The predicted octanol–water partition coefficient (Wildman–Crippen LogP) is 1.97. The van der Waals surface area contributed by atoms with Crippen molar-refractivity contribution in [3.05, 3.63) is 16.6 Å². The zero-order chi connectivity index (χ0) is 17.9. The van der Waals surface area contributed by atoms with E-state index < -0.39 is 5.91 Å². The van der Waals surface area contributed by atoms with Gasteiger partial charge in [0.2, 0.25) is 5.91 Å². The highest BCUT2D eigenvalue weighted by atomic mass is 32.1. The summed E-state index contributed by atoms with van der Waals surface area (Å²) in [6.07, 6.45) is 2.11. The molecule has 130 valence electrons. The number of nitrogens with one attached hydrogen (secondary N) is 1. The molecule has 7 nitrogen and oxygen atoms in total. The number of hydrogen-bond donors (Lipinski definition) is 1. The number of nitrogens with zero attached hydrogens (tertiary/aromatic N) is 3. The number of anilines is 1. The predicted molar refractivity (Wildman–Crippen MR) is 93.5 cm³/mol. The van der Waals surface area contributed by atoms with Crippen LogP contribution in [0.3, 0.4) is 0 Å². The van der Waals surface area contributed by atoms with Gasteiger partial charge in [0.25, 0.3) is 5.91 Å². The van der Waals surface area contributed by atoms with Crippen LogP contribution >= 0.6 is 11.3 Å². The summed E-state index contributed by atoms with van der Waals surface area (Å²) in [5, 5.41) is 14.1. The van der Waals surface area contributed by atoms with Crippen LogP contribution in [0.25, 0.3) is 6.08 Å². The number of rotatable bonds is 9. The second-order valence-corrected chi connectivity index (χ2v) is 5.63. The van der Waals surface area contributed by atoms with Gasteiger partial charge in [-0.2, -0.15) is 5.26 Å². The number of aromatic nitrogens is 1. The fourth-order valence-electron chi connectivity index (χ4n) is 1.87. The largest absolute Gasteiger partial charge is 0.382 e. The standard InChI is InChI=1S/C16H22N4O3S/c1-4-20(12(3)21)16-19-14(11-24-16)9-13(10-17)15(22)18-7-6-8-23-5-2/h9,11H,4-8H2,1-3H3,(H,18,22)/b13-9+. The third kappa shape index (κ3) is 6.10. The minimum Gasteiger partial charge on any atom is -0.382 e. The van der Waals surface area contributed by atoms with Gasteiger partial charge >= 0.3 is 0 Å². The van der Waals surface area contributed by atoms with Crippen molar-refractivity contribution >= 4 is 34.4 Å². The highest BCUT2D eigenvalue weighted by Crippen LogP contribution is 2.22. The number of carbonyl (C=O) groups excluding carboxylic acids is 2. The van der Waals surface area contributed by atoms with Crippen LogP contribution in [-0.2, 0) is 14.3 Å². The molecule has 0 fully saturated rings. The smallest absolute Gasteiger partial charge is 0.262 e. The molecular formula is C16H22N4O3S. The van der Waals surface area contributed by atoms with Gasteiger partial charge in [-0.3, -0.25) is 14.5 Å². The zero-order valence-corrected chi connectivity index (χ0v) is 15.0. The van der Waals surface area contributed by atoms with E-state index in [1.54, 1.807) is 5.38 Å². The van der Waals surface area contributed by atoms with Crippen molar-refractivity contribution in [2.75, 3.05) is 31.2 Å². The molecule has 0 aliphatic carbocycles. The Balaban J connectivity index is 2.71. The van der Waals surface area contributed by atoms with E-state index in [1.165, 1.54) is 29.2 Å². The summed E-state index contributed by atoms with van der Waals surface area (Å²) < 4.78 is 5.18. The van der Waals surface area contributed by atoms with Crippen molar-refractivity contribution in [1.82, 2.24) is 10.3 Å². The first-order chi connectivity index (χ1) is 11.5. The quantitative estimate of drug-likeness (QED) is 0.417. The minimum atomic E-state index is -0.442. The van der Waals surface area contributed by atoms with Crippen LogP contribution in [0.15, 0.2) is 11.0 Å². The molecule has 1 aromatic heterocycles. The maximum Gasteiger partial charge on any atom is 0.262 e. The van der Waals surface area contributed by atoms with Crippen LogP contribution in [-0.4, -0.2) is 43.1 Å². The van der Waals surface area contributed by atoms with E-state index in [0.717, 1.165) is 0 Å². The molecule has 1 N–H and O–H groups in total. The van der Waals surface area contributed by atoms with Gasteiger partial charge in [-0.1, -0.05) is 0 Å². The second-order valence-electron chi connectivity index (χ2n) is 4.79. The first-order valence-corrected chi connectivity index (χ1v) is 8.62. The molecule has 0 bridgehead atoms. The molecule has 8 heteroatoms. The molecule has 0 aromatic carbocycles. The van der Waals surface area contributed by atoms with Gasteiger partial charge in [0, 0.05) is 38.6 Å². The SMILES string of the molecule is CCOCCCNC(=O)/C(C#N)=C/c1csc(N(CC)C(C)=O)n1. The fourth-order valence-corrected chi connectivity index (χ4v) is 2.76. The molecule has 0 radical (unpaired) electrons. The van der Waals surface area contributed by atoms with Crippen molar-refractivity contribution in [2.24, 2.45) is 0 Å². The van der Waals surface area contributed by atoms with E-state index in [9.17, 15) is 9.59 Å². The number of carbonyl (C=O) groups is 2. The molecule has 0 spiro atoms. The fraction of sp³-hybridized carbons (Fsp3) is 0.500. The molecule has 1 rings (SSSR count). The molecule has 1 aromatic rings. The van der Waals surface area contributed by atoms with E-state index in [-0.39, 0.29) is 11.5 Å². The third-order valence-corrected chi connectivity index (χ3v) is 3.93. The lowest BCUT2D eigenvalue weighted by molar-refractivity contribution is -0.117. The molecule has 0 atom stereocenters. The Morgan fingerprint density at radius 3 is 2.83 bits per heavy atom. The van der Waals surface area contributed by atoms with E-state index >= 15 is 0 Å². The van der Waals surface area contributed by atoms with Gasteiger partial charge in [-0.25, -0.2) is 4.98 Å².